The Labute approximate surface area is 78.6 Å². The maximum absolute atomic E-state index is 10.9. The molecule has 0 saturated carbocycles. The summed E-state index contributed by atoms with van der Waals surface area (Å²) in [6, 6.07) is 0. The van der Waals surface area contributed by atoms with Gasteiger partial charge in [-0.15, -0.1) is 0 Å². The van der Waals surface area contributed by atoms with E-state index in [1.165, 1.54) is 0 Å². The van der Waals surface area contributed by atoms with Gasteiger partial charge in [0.2, 0.25) is 10.0 Å². The van der Waals surface area contributed by atoms with E-state index in [2.05, 4.69) is 4.72 Å². The van der Waals surface area contributed by atoms with E-state index in [0.29, 0.717) is 6.42 Å². The number of sulfonamides is 1. The summed E-state index contributed by atoms with van der Waals surface area (Å²) in [6.45, 7) is 3.48. The van der Waals surface area contributed by atoms with Crippen LogP contribution >= 0.6 is 12.2 Å². The van der Waals surface area contributed by atoms with Crippen molar-refractivity contribution >= 4 is 27.2 Å². The van der Waals surface area contributed by atoms with Crippen molar-refractivity contribution in [2.24, 2.45) is 5.73 Å². The number of nitrogens with two attached hydrogens (primary N) is 1. The van der Waals surface area contributed by atoms with Crippen LogP contribution in [0.4, 0.5) is 0 Å². The van der Waals surface area contributed by atoms with Gasteiger partial charge in [0.1, 0.15) is 0 Å². The van der Waals surface area contributed by atoms with Crippen LogP contribution in [0.1, 0.15) is 20.3 Å². The summed E-state index contributed by atoms with van der Waals surface area (Å²) in [7, 11) is -3.26. The monoisotopic (exact) mass is 210 g/mol. The molecule has 0 amide bonds. The molecular weight excluding hydrogens is 196 g/mol. The minimum absolute atomic E-state index is 0.162. The van der Waals surface area contributed by atoms with Crippen molar-refractivity contribution in [3.63, 3.8) is 0 Å². The van der Waals surface area contributed by atoms with E-state index >= 15 is 0 Å². The molecule has 1 unspecified atom stereocenters. The van der Waals surface area contributed by atoms with Gasteiger partial charge in [-0.3, -0.25) is 0 Å². The molecule has 0 aliphatic heterocycles. The van der Waals surface area contributed by atoms with Gasteiger partial charge in [0, 0.05) is 0 Å². The molecule has 4 nitrogen and oxygen atoms in total. The molecule has 3 N–H and O–H groups in total. The minimum Gasteiger partial charge on any atom is -0.392 e. The number of hydrogen-bond acceptors (Lipinski definition) is 3. The van der Waals surface area contributed by atoms with E-state index in [9.17, 15) is 8.42 Å². The fourth-order valence-electron chi connectivity index (χ4n) is 0.706. The van der Waals surface area contributed by atoms with Crippen LogP contribution in [0.15, 0.2) is 0 Å². The maximum Gasteiger partial charge on any atom is 0.209 e. The lowest BCUT2D eigenvalue weighted by molar-refractivity contribution is 0.515. The smallest absolute Gasteiger partial charge is 0.209 e. The molecular formula is C6H14N2O2S2. The molecule has 1 atom stereocenters. The normalized spacial score (nSPS) is 16.9. The highest BCUT2D eigenvalue weighted by atomic mass is 32.2. The van der Waals surface area contributed by atoms with Crippen LogP contribution in [-0.2, 0) is 10.0 Å². The third-order valence-corrected chi connectivity index (χ3v) is 2.93. The fraction of sp³-hybridized carbons (Fsp3) is 0.833. The van der Waals surface area contributed by atoms with Crippen molar-refractivity contribution in [1.29, 1.82) is 0 Å². The fourth-order valence-corrected chi connectivity index (χ4v) is 2.04. The summed E-state index contributed by atoms with van der Waals surface area (Å²) in [5.41, 5.74) is 4.59. The zero-order valence-electron chi connectivity index (χ0n) is 7.42. The second-order valence-electron chi connectivity index (χ2n) is 2.92. The van der Waals surface area contributed by atoms with Gasteiger partial charge in [-0.05, 0) is 13.3 Å². The lowest BCUT2D eigenvalue weighted by Crippen LogP contribution is -2.53. The van der Waals surface area contributed by atoms with Crippen molar-refractivity contribution in [2.75, 3.05) is 6.26 Å². The largest absolute Gasteiger partial charge is 0.392 e. The molecule has 0 rings (SSSR count). The first kappa shape index (κ1) is 11.8. The van der Waals surface area contributed by atoms with Crippen LogP contribution < -0.4 is 10.5 Å². The molecule has 0 spiro atoms. The molecule has 0 bridgehead atoms. The van der Waals surface area contributed by atoms with Gasteiger partial charge in [0.15, 0.2) is 0 Å². The summed E-state index contributed by atoms with van der Waals surface area (Å²) in [6.07, 6.45) is 1.62. The number of thiocarbonyl (C=S) groups is 1. The van der Waals surface area contributed by atoms with Gasteiger partial charge >= 0.3 is 0 Å². The SMILES string of the molecule is CCC(C)(NS(C)(=O)=O)C(N)=S. The van der Waals surface area contributed by atoms with Crippen LogP contribution in [0.3, 0.4) is 0 Å². The highest BCUT2D eigenvalue weighted by Gasteiger charge is 2.28. The summed E-state index contributed by atoms with van der Waals surface area (Å²) in [4.78, 5) is 0.162. The average molecular weight is 210 g/mol. The first-order valence-corrected chi connectivity index (χ1v) is 5.80. The van der Waals surface area contributed by atoms with Crippen molar-refractivity contribution in [3.8, 4) is 0 Å². The van der Waals surface area contributed by atoms with Gasteiger partial charge in [-0.25, -0.2) is 13.1 Å². The van der Waals surface area contributed by atoms with Crippen molar-refractivity contribution in [2.45, 2.75) is 25.8 Å². The number of hydrogen-bond donors (Lipinski definition) is 2. The molecule has 6 heteroatoms. The minimum atomic E-state index is -3.26. The predicted octanol–water partition coefficient (Wildman–Crippen LogP) is -0.00960. The van der Waals surface area contributed by atoms with Gasteiger partial charge < -0.3 is 5.73 Å². The zero-order chi connectivity index (χ0) is 9.99. The first-order chi connectivity index (χ1) is 5.21. The summed E-state index contributed by atoms with van der Waals surface area (Å²) in [5, 5.41) is 0. The molecule has 0 radical (unpaired) electrons. The molecule has 12 heavy (non-hydrogen) atoms. The Morgan fingerprint density at radius 3 is 2.17 bits per heavy atom. The molecule has 0 aliphatic rings. The Bertz CT molecular complexity index is 273. The molecule has 0 aromatic carbocycles. The third kappa shape index (κ3) is 3.46. The summed E-state index contributed by atoms with van der Waals surface area (Å²) in [5.74, 6) is 0. The highest BCUT2D eigenvalue weighted by Crippen LogP contribution is 2.10. The van der Waals surface area contributed by atoms with E-state index in [1.54, 1.807) is 6.92 Å². The molecule has 0 aromatic heterocycles. The highest BCUT2D eigenvalue weighted by molar-refractivity contribution is 7.89. The molecule has 0 fully saturated rings. The topological polar surface area (TPSA) is 72.2 Å². The van der Waals surface area contributed by atoms with Crippen LogP contribution in [0.5, 0.6) is 0 Å². The van der Waals surface area contributed by atoms with E-state index in [-0.39, 0.29) is 4.99 Å². The molecule has 72 valence electrons. The Morgan fingerprint density at radius 1 is 1.67 bits per heavy atom. The molecule has 0 heterocycles. The van der Waals surface area contributed by atoms with Gasteiger partial charge in [-0.2, -0.15) is 0 Å². The van der Waals surface area contributed by atoms with E-state index in [0.717, 1.165) is 6.26 Å². The second-order valence-corrected chi connectivity index (χ2v) is 5.11. The molecule has 0 saturated heterocycles. The standard InChI is InChI=1S/C6H14N2O2S2/c1-4-6(2,5(7)11)8-12(3,9)10/h8H,4H2,1-3H3,(H2,7,11). The van der Waals surface area contributed by atoms with E-state index in [4.69, 9.17) is 18.0 Å². The Kier molecular flexibility index (Phi) is 3.61. The van der Waals surface area contributed by atoms with Crippen molar-refractivity contribution < 1.29 is 8.42 Å². The lowest BCUT2D eigenvalue weighted by atomic mass is 10.0. The molecule has 0 aliphatic carbocycles. The maximum atomic E-state index is 10.9. The zero-order valence-corrected chi connectivity index (χ0v) is 9.05. The number of rotatable bonds is 4. The Balaban J connectivity index is 4.69. The predicted molar refractivity (Wildman–Crippen MR) is 53.5 cm³/mol. The van der Waals surface area contributed by atoms with Crippen LogP contribution in [0, 0.1) is 0 Å². The number of nitrogens with one attached hydrogen (secondary N) is 1. The first-order valence-electron chi connectivity index (χ1n) is 3.50. The third-order valence-electron chi connectivity index (χ3n) is 1.66. The Morgan fingerprint density at radius 2 is 2.08 bits per heavy atom. The second kappa shape index (κ2) is 3.68. The van der Waals surface area contributed by atoms with Crippen LogP contribution in [0.25, 0.3) is 0 Å². The van der Waals surface area contributed by atoms with Crippen LogP contribution in [-0.4, -0.2) is 25.2 Å². The molecule has 0 aromatic rings. The van der Waals surface area contributed by atoms with Crippen molar-refractivity contribution in [3.05, 3.63) is 0 Å². The Hall–Kier alpha value is -0.200. The summed E-state index contributed by atoms with van der Waals surface area (Å²) < 4.78 is 24.2. The lowest BCUT2D eigenvalue weighted by Gasteiger charge is -2.26. The van der Waals surface area contributed by atoms with E-state index < -0.39 is 15.6 Å². The van der Waals surface area contributed by atoms with Gasteiger partial charge in [0.05, 0.1) is 16.8 Å². The quantitative estimate of drug-likeness (QED) is 0.640. The van der Waals surface area contributed by atoms with Crippen molar-refractivity contribution in [1.82, 2.24) is 4.72 Å². The van der Waals surface area contributed by atoms with Gasteiger partial charge in [-0.1, -0.05) is 19.1 Å². The average Bonchev–Trinajstić information content (AvgIpc) is 1.83. The van der Waals surface area contributed by atoms with Gasteiger partial charge in [0.25, 0.3) is 0 Å². The van der Waals surface area contributed by atoms with E-state index in [1.807, 2.05) is 6.92 Å². The summed E-state index contributed by atoms with van der Waals surface area (Å²) >= 11 is 4.75. The van der Waals surface area contributed by atoms with Crippen LogP contribution in [0.2, 0.25) is 0 Å².